The molecule has 0 aliphatic heterocycles. The van der Waals surface area contributed by atoms with Gasteiger partial charge in [0.2, 0.25) is 0 Å². The van der Waals surface area contributed by atoms with E-state index in [4.69, 9.17) is 0 Å². The molecule has 26 heavy (non-hydrogen) atoms. The van der Waals surface area contributed by atoms with Crippen molar-refractivity contribution in [1.29, 1.82) is 0 Å². The smallest absolute Gasteiger partial charge is 0.151 e. The highest BCUT2D eigenvalue weighted by Gasteiger charge is 2.16. The van der Waals surface area contributed by atoms with Crippen LogP contribution in [0.2, 0.25) is 0 Å². The van der Waals surface area contributed by atoms with Crippen LogP contribution >= 0.6 is 0 Å². The van der Waals surface area contributed by atoms with Gasteiger partial charge in [-0.25, -0.2) is 17.5 Å². The molecule has 138 valence electrons. The van der Waals surface area contributed by atoms with E-state index in [-0.39, 0.29) is 11.4 Å². The number of hydrogen-bond donors (Lipinski definition) is 0. The van der Waals surface area contributed by atoms with Crippen LogP contribution < -0.4 is 0 Å². The van der Waals surface area contributed by atoms with Gasteiger partial charge >= 0.3 is 0 Å². The Morgan fingerprint density at radius 1 is 1.27 bits per heavy atom. The fraction of sp³-hybridized carbons (Fsp3) is 0.375. The van der Waals surface area contributed by atoms with Crippen LogP contribution in [0.25, 0.3) is 11.4 Å². The molecule has 0 atom stereocenters. The minimum absolute atomic E-state index is 0.0286. The van der Waals surface area contributed by atoms with Crippen LogP contribution in [-0.4, -0.2) is 50.2 Å². The van der Waals surface area contributed by atoms with Crippen molar-refractivity contribution >= 4 is 9.84 Å². The summed E-state index contributed by atoms with van der Waals surface area (Å²) in [5.74, 6) is -0.429. The zero-order valence-electron chi connectivity index (χ0n) is 14.7. The molecule has 0 aromatic carbocycles. The van der Waals surface area contributed by atoms with Crippen LogP contribution in [0.5, 0.6) is 0 Å². The fourth-order valence-electron chi connectivity index (χ4n) is 2.65. The van der Waals surface area contributed by atoms with E-state index < -0.39 is 15.7 Å². The first-order valence-corrected chi connectivity index (χ1v) is 10.0. The van der Waals surface area contributed by atoms with Crippen molar-refractivity contribution in [2.24, 2.45) is 0 Å². The van der Waals surface area contributed by atoms with Gasteiger partial charge in [0.25, 0.3) is 0 Å². The lowest BCUT2D eigenvalue weighted by Crippen LogP contribution is -2.13. The maximum Gasteiger partial charge on any atom is 0.151 e. The quantitative estimate of drug-likeness (QED) is 0.643. The average Bonchev–Trinajstić information content (AvgIpc) is 3.13. The molecule has 3 aromatic rings. The van der Waals surface area contributed by atoms with Gasteiger partial charge in [-0.05, 0) is 26.0 Å². The van der Waals surface area contributed by atoms with Crippen LogP contribution in [0, 0.1) is 19.7 Å². The van der Waals surface area contributed by atoms with Crippen molar-refractivity contribution in [1.82, 2.24) is 29.8 Å². The molecule has 3 aromatic heterocycles. The molecule has 0 radical (unpaired) electrons. The second-order valence-electron chi connectivity index (χ2n) is 6.14. The minimum atomic E-state index is -3.06. The van der Waals surface area contributed by atoms with Crippen LogP contribution in [0.3, 0.4) is 0 Å². The first-order chi connectivity index (χ1) is 12.2. The standard InChI is InChI=1S/C16H19FN6O2S/c1-11-13(12(2)23(20-11)7-8-26(3,24)25)9-22-10-15(19-21-22)16-14(17)5-4-6-18-16/h4-6,10H,7-9H2,1-3H3. The first-order valence-electron chi connectivity index (χ1n) is 7.96. The van der Waals surface area contributed by atoms with Crippen molar-refractivity contribution in [3.8, 4) is 11.4 Å². The van der Waals surface area contributed by atoms with Crippen molar-refractivity contribution < 1.29 is 12.8 Å². The molecule has 0 bridgehead atoms. The Hall–Kier alpha value is -2.62. The molecule has 0 N–H and O–H groups in total. The maximum atomic E-state index is 13.8. The van der Waals surface area contributed by atoms with Crippen molar-refractivity contribution in [2.45, 2.75) is 26.9 Å². The van der Waals surface area contributed by atoms with E-state index in [0.29, 0.717) is 18.8 Å². The van der Waals surface area contributed by atoms with Gasteiger partial charge in [-0.1, -0.05) is 5.21 Å². The summed E-state index contributed by atoms with van der Waals surface area (Å²) in [5.41, 5.74) is 3.08. The normalized spacial score (nSPS) is 11.8. The maximum absolute atomic E-state index is 13.8. The Balaban J connectivity index is 1.82. The molecular weight excluding hydrogens is 359 g/mol. The topological polar surface area (TPSA) is 95.6 Å². The number of halogens is 1. The Labute approximate surface area is 150 Å². The van der Waals surface area contributed by atoms with E-state index in [1.165, 1.54) is 24.6 Å². The van der Waals surface area contributed by atoms with Gasteiger partial charge in [0.1, 0.15) is 21.2 Å². The van der Waals surface area contributed by atoms with Gasteiger partial charge < -0.3 is 0 Å². The number of pyridine rings is 1. The number of hydrogen-bond acceptors (Lipinski definition) is 6. The zero-order valence-corrected chi connectivity index (χ0v) is 15.5. The number of aromatic nitrogens is 6. The van der Waals surface area contributed by atoms with E-state index in [0.717, 1.165) is 17.0 Å². The Morgan fingerprint density at radius 3 is 2.73 bits per heavy atom. The van der Waals surface area contributed by atoms with Crippen molar-refractivity contribution in [3.63, 3.8) is 0 Å². The molecule has 0 spiro atoms. The van der Waals surface area contributed by atoms with Crippen LogP contribution in [0.4, 0.5) is 4.39 Å². The Morgan fingerprint density at radius 2 is 2.04 bits per heavy atom. The predicted octanol–water partition coefficient (Wildman–Crippen LogP) is 1.39. The van der Waals surface area contributed by atoms with Gasteiger partial charge in [-0.2, -0.15) is 5.10 Å². The second-order valence-corrected chi connectivity index (χ2v) is 8.40. The molecule has 3 heterocycles. The molecule has 0 amide bonds. The second kappa shape index (κ2) is 6.94. The number of rotatable bonds is 6. The number of aryl methyl sites for hydroxylation is 2. The molecule has 0 fully saturated rings. The third kappa shape index (κ3) is 3.96. The molecular formula is C16H19FN6O2S. The molecule has 0 saturated heterocycles. The van der Waals surface area contributed by atoms with Gasteiger partial charge in [0, 0.05) is 23.7 Å². The molecule has 10 heteroatoms. The third-order valence-electron chi connectivity index (χ3n) is 4.07. The summed E-state index contributed by atoms with van der Waals surface area (Å²) in [6.07, 6.45) is 4.32. The molecule has 0 aliphatic rings. The van der Waals surface area contributed by atoms with Crippen molar-refractivity contribution in [3.05, 3.63) is 47.3 Å². The monoisotopic (exact) mass is 378 g/mol. The van der Waals surface area contributed by atoms with E-state index in [1.807, 2.05) is 13.8 Å². The van der Waals surface area contributed by atoms with E-state index in [2.05, 4.69) is 20.4 Å². The highest BCUT2D eigenvalue weighted by molar-refractivity contribution is 7.90. The lowest BCUT2D eigenvalue weighted by atomic mass is 10.2. The Kier molecular flexibility index (Phi) is 4.86. The zero-order chi connectivity index (χ0) is 18.9. The lowest BCUT2D eigenvalue weighted by molar-refractivity contribution is 0.580. The largest absolute Gasteiger partial charge is 0.268 e. The van der Waals surface area contributed by atoms with Crippen LogP contribution in [0.1, 0.15) is 17.0 Å². The molecule has 0 saturated carbocycles. The Bertz CT molecular complexity index is 1040. The van der Waals surface area contributed by atoms with E-state index >= 15 is 0 Å². The highest BCUT2D eigenvalue weighted by atomic mass is 32.2. The fourth-order valence-corrected chi connectivity index (χ4v) is 3.16. The van der Waals surface area contributed by atoms with Gasteiger partial charge in [-0.15, -0.1) is 5.10 Å². The summed E-state index contributed by atoms with van der Waals surface area (Å²) >= 11 is 0. The number of nitrogens with zero attached hydrogens (tertiary/aromatic N) is 6. The SMILES string of the molecule is Cc1nn(CCS(C)(=O)=O)c(C)c1Cn1cc(-c2ncccc2F)nn1. The van der Waals surface area contributed by atoms with Crippen molar-refractivity contribution in [2.75, 3.05) is 12.0 Å². The summed E-state index contributed by atoms with van der Waals surface area (Å²) in [6, 6.07) is 2.84. The van der Waals surface area contributed by atoms with Crippen LogP contribution in [-0.2, 0) is 22.9 Å². The minimum Gasteiger partial charge on any atom is -0.268 e. The summed E-state index contributed by atoms with van der Waals surface area (Å²) < 4.78 is 39.8. The predicted molar refractivity (Wildman–Crippen MR) is 93.7 cm³/mol. The average molecular weight is 378 g/mol. The molecule has 3 rings (SSSR count). The summed E-state index contributed by atoms with van der Waals surface area (Å²) in [5, 5.41) is 12.4. The third-order valence-corrected chi connectivity index (χ3v) is 4.99. The highest BCUT2D eigenvalue weighted by Crippen LogP contribution is 2.19. The van der Waals surface area contributed by atoms with E-state index in [1.54, 1.807) is 15.6 Å². The van der Waals surface area contributed by atoms with E-state index in [9.17, 15) is 12.8 Å². The lowest BCUT2D eigenvalue weighted by Gasteiger charge is -2.05. The summed E-state index contributed by atoms with van der Waals surface area (Å²) in [4.78, 5) is 3.99. The molecule has 8 nitrogen and oxygen atoms in total. The van der Waals surface area contributed by atoms with Gasteiger partial charge in [-0.3, -0.25) is 9.67 Å². The van der Waals surface area contributed by atoms with Gasteiger partial charge in [0.05, 0.1) is 30.7 Å². The first kappa shape index (κ1) is 18.2. The van der Waals surface area contributed by atoms with Crippen LogP contribution in [0.15, 0.2) is 24.5 Å². The summed E-state index contributed by atoms with van der Waals surface area (Å²) in [7, 11) is -3.06. The summed E-state index contributed by atoms with van der Waals surface area (Å²) in [6.45, 7) is 4.44. The molecule has 0 aliphatic carbocycles. The number of sulfone groups is 1. The molecule has 0 unspecified atom stereocenters. The van der Waals surface area contributed by atoms with Gasteiger partial charge in [0.15, 0.2) is 5.82 Å².